The number of morpholine rings is 1. The molecule has 6 nitrogen and oxygen atoms in total. The number of fused-ring (bicyclic) bond motifs is 1. The van der Waals surface area contributed by atoms with Crippen LogP contribution in [0.15, 0.2) is 24.3 Å². The Morgan fingerprint density at radius 3 is 2.77 bits per heavy atom. The van der Waals surface area contributed by atoms with Gasteiger partial charge in [-0.05, 0) is 43.5 Å². The van der Waals surface area contributed by atoms with E-state index in [0.717, 1.165) is 19.3 Å². The molecule has 2 aliphatic rings. The number of rotatable bonds is 4. The van der Waals surface area contributed by atoms with Crippen molar-refractivity contribution >= 4 is 11.8 Å². The smallest absolute Gasteiger partial charge is 0.260 e. The lowest BCUT2D eigenvalue weighted by atomic mass is 10.1. The van der Waals surface area contributed by atoms with Crippen molar-refractivity contribution in [2.24, 2.45) is 5.73 Å². The Morgan fingerprint density at radius 2 is 2.05 bits per heavy atom. The Hall–Kier alpha value is -2.08. The van der Waals surface area contributed by atoms with E-state index < -0.39 is 5.91 Å². The second kappa shape index (κ2) is 6.36. The molecule has 3 rings (SSSR count). The van der Waals surface area contributed by atoms with E-state index in [1.807, 2.05) is 4.90 Å². The Labute approximate surface area is 129 Å². The van der Waals surface area contributed by atoms with Gasteiger partial charge < -0.3 is 20.1 Å². The highest BCUT2D eigenvalue weighted by Crippen LogP contribution is 2.29. The lowest BCUT2D eigenvalue weighted by Gasteiger charge is -2.37. The second-order valence-corrected chi connectivity index (χ2v) is 5.67. The molecule has 0 aromatic heterocycles. The number of carbonyl (C=O) groups is 2. The highest BCUT2D eigenvalue weighted by atomic mass is 16.5. The van der Waals surface area contributed by atoms with Crippen LogP contribution in [-0.4, -0.2) is 48.6 Å². The molecular formula is C16H20N2O4. The van der Waals surface area contributed by atoms with Crippen molar-refractivity contribution < 1.29 is 19.1 Å². The predicted molar refractivity (Wildman–Crippen MR) is 79.5 cm³/mol. The number of carbonyl (C=O) groups excluding carboxylic acids is 2. The summed E-state index contributed by atoms with van der Waals surface area (Å²) in [6, 6.07) is 6.66. The van der Waals surface area contributed by atoms with Gasteiger partial charge >= 0.3 is 0 Å². The van der Waals surface area contributed by atoms with Gasteiger partial charge in [-0.25, -0.2) is 0 Å². The number of nitrogens with zero attached hydrogens (tertiary/aromatic N) is 1. The van der Waals surface area contributed by atoms with Crippen LogP contribution in [0.5, 0.6) is 5.75 Å². The Bertz CT molecular complexity index is 558. The molecule has 2 N–H and O–H groups in total. The highest BCUT2D eigenvalue weighted by Gasteiger charge is 2.38. The fraction of sp³-hybridized carbons (Fsp3) is 0.500. The third-order valence-corrected chi connectivity index (χ3v) is 4.30. The minimum atomic E-state index is -0.483. The fourth-order valence-electron chi connectivity index (χ4n) is 3.18. The Kier molecular flexibility index (Phi) is 4.29. The highest BCUT2D eigenvalue weighted by molar-refractivity contribution is 5.92. The molecule has 118 valence electrons. The average molecular weight is 304 g/mol. The third-order valence-electron chi connectivity index (χ3n) is 4.30. The Morgan fingerprint density at radius 1 is 1.27 bits per heavy atom. The van der Waals surface area contributed by atoms with Crippen LogP contribution in [0.3, 0.4) is 0 Å². The first-order valence-electron chi connectivity index (χ1n) is 7.59. The summed E-state index contributed by atoms with van der Waals surface area (Å²) in [6.45, 7) is 1.23. The molecule has 1 aliphatic carbocycles. The standard InChI is InChI=1S/C16H20N2O4/c17-16(20)11-4-6-12(7-5-11)22-10-15(19)18-8-9-21-14-3-1-2-13(14)18/h4-7,13-14H,1-3,8-10H2,(H2,17,20)/t13-,14-/m0/s1. The maximum absolute atomic E-state index is 12.4. The number of primary amides is 1. The molecule has 22 heavy (non-hydrogen) atoms. The monoisotopic (exact) mass is 304 g/mol. The fourth-order valence-corrected chi connectivity index (χ4v) is 3.18. The van der Waals surface area contributed by atoms with Crippen molar-refractivity contribution in [2.45, 2.75) is 31.4 Å². The van der Waals surface area contributed by atoms with Gasteiger partial charge in [-0.1, -0.05) is 0 Å². The number of nitrogens with two attached hydrogens (primary N) is 1. The molecule has 1 saturated carbocycles. The van der Waals surface area contributed by atoms with Crippen molar-refractivity contribution in [3.63, 3.8) is 0 Å². The van der Waals surface area contributed by atoms with Crippen LogP contribution in [0.1, 0.15) is 29.6 Å². The van der Waals surface area contributed by atoms with Gasteiger partial charge in [-0.3, -0.25) is 9.59 Å². The van der Waals surface area contributed by atoms with E-state index in [1.165, 1.54) is 0 Å². The third kappa shape index (κ3) is 3.06. The van der Waals surface area contributed by atoms with Gasteiger partial charge in [0.25, 0.3) is 5.91 Å². The van der Waals surface area contributed by atoms with Crippen molar-refractivity contribution in [1.29, 1.82) is 0 Å². The maximum Gasteiger partial charge on any atom is 0.260 e. The molecule has 0 bridgehead atoms. The zero-order valence-corrected chi connectivity index (χ0v) is 12.4. The van der Waals surface area contributed by atoms with Crippen molar-refractivity contribution in [3.05, 3.63) is 29.8 Å². The number of hydrogen-bond donors (Lipinski definition) is 1. The van der Waals surface area contributed by atoms with Gasteiger partial charge in [0.2, 0.25) is 5.91 Å². The summed E-state index contributed by atoms with van der Waals surface area (Å²) >= 11 is 0. The van der Waals surface area contributed by atoms with E-state index in [4.69, 9.17) is 15.2 Å². The van der Waals surface area contributed by atoms with E-state index in [0.29, 0.717) is 24.5 Å². The topological polar surface area (TPSA) is 81.9 Å². The van der Waals surface area contributed by atoms with Crippen LogP contribution < -0.4 is 10.5 Å². The molecule has 2 amide bonds. The summed E-state index contributed by atoms with van der Waals surface area (Å²) in [5, 5.41) is 0. The molecule has 6 heteroatoms. The normalized spacial score (nSPS) is 23.9. The lowest BCUT2D eigenvalue weighted by Crippen LogP contribution is -2.52. The largest absolute Gasteiger partial charge is 0.484 e. The van der Waals surface area contributed by atoms with Crippen LogP contribution in [0, 0.1) is 0 Å². The van der Waals surface area contributed by atoms with Gasteiger partial charge in [0, 0.05) is 12.1 Å². The number of hydrogen-bond acceptors (Lipinski definition) is 4. The predicted octanol–water partition coefficient (Wildman–Crippen LogP) is 0.944. The molecule has 1 aromatic rings. The van der Waals surface area contributed by atoms with Crippen molar-refractivity contribution in [2.75, 3.05) is 19.8 Å². The van der Waals surface area contributed by atoms with Gasteiger partial charge in [0.05, 0.1) is 18.8 Å². The van der Waals surface area contributed by atoms with Gasteiger partial charge in [-0.2, -0.15) is 0 Å². The summed E-state index contributed by atoms with van der Waals surface area (Å²) < 4.78 is 11.2. The summed E-state index contributed by atoms with van der Waals surface area (Å²) in [4.78, 5) is 25.2. The van der Waals surface area contributed by atoms with E-state index in [9.17, 15) is 9.59 Å². The summed E-state index contributed by atoms with van der Waals surface area (Å²) in [5.74, 6) is 0.0528. The second-order valence-electron chi connectivity index (χ2n) is 5.67. The van der Waals surface area contributed by atoms with E-state index in [2.05, 4.69) is 0 Å². The van der Waals surface area contributed by atoms with Crippen LogP contribution in [-0.2, 0) is 9.53 Å². The number of benzene rings is 1. The number of amides is 2. The Balaban J connectivity index is 1.56. The van der Waals surface area contributed by atoms with Gasteiger partial charge in [0.1, 0.15) is 5.75 Å². The quantitative estimate of drug-likeness (QED) is 0.897. The maximum atomic E-state index is 12.4. The average Bonchev–Trinajstić information content (AvgIpc) is 3.01. The SMILES string of the molecule is NC(=O)c1ccc(OCC(=O)N2CCO[C@H]3CCC[C@@H]32)cc1. The van der Waals surface area contributed by atoms with Gasteiger partial charge in [-0.15, -0.1) is 0 Å². The van der Waals surface area contributed by atoms with Crippen LogP contribution in [0.2, 0.25) is 0 Å². The van der Waals surface area contributed by atoms with Crippen molar-refractivity contribution in [1.82, 2.24) is 4.90 Å². The van der Waals surface area contributed by atoms with Crippen LogP contribution in [0.25, 0.3) is 0 Å². The molecule has 0 radical (unpaired) electrons. The molecule has 0 unspecified atom stereocenters. The number of ether oxygens (including phenoxy) is 2. The zero-order chi connectivity index (χ0) is 15.5. The minimum absolute atomic E-state index is 0.000855. The molecular weight excluding hydrogens is 284 g/mol. The van der Waals surface area contributed by atoms with Crippen LogP contribution in [0.4, 0.5) is 0 Å². The van der Waals surface area contributed by atoms with E-state index in [-0.39, 0.29) is 24.7 Å². The molecule has 1 aromatic carbocycles. The summed E-state index contributed by atoms with van der Waals surface area (Å²) in [7, 11) is 0. The minimum Gasteiger partial charge on any atom is -0.484 e. The summed E-state index contributed by atoms with van der Waals surface area (Å²) in [6.07, 6.45) is 3.33. The molecule has 2 atom stereocenters. The first-order valence-corrected chi connectivity index (χ1v) is 7.59. The molecule has 1 aliphatic heterocycles. The molecule has 0 spiro atoms. The van der Waals surface area contributed by atoms with E-state index >= 15 is 0 Å². The lowest BCUT2D eigenvalue weighted by molar-refractivity contribution is -0.146. The van der Waals surface area contributed by atoms with Gasteiger partial charge in [0.15, 0.2) is 6.61 Å². The summed E-state index contributed by atoms with van der Waals surface area (Å²) in [5.41, 5.74) is 5.60. The first kappa shape index (κ1) is 14.8. The molecule has 1 saturated heterocycles. The van der Waals surface area contributed by atoms with E-state index in [1.54, 1.807) is 24.3 Å². The zero-order valence-electron chi connectivity index (χ0n) is 12.4. The van der Waals surface area contributed by atoms with Crippen LogP contribution >= 0.6 is 0 Å². The molecule has 1 heterocycles. The first-order chi connectivity index (χ1) is 10.6. The van der Waals surface area contributed by atoms with Crippen molar-refractivity contribution in [3.8, 4) is 5.75 Å². The molecule has 2 fully saturated rings.